The Kier molecular flexibility index (Phi) is 6.99. The average molecular weight is 457 g/mol. The lowest BCUT2D eigenvalue weighted by Crippen LogP contribution is -2.35. The van der Waals surface area contributed by atoms with Gasteiger partial charge in [-0.25, -0.2) is 0 Å². The number of rotatable bonds is 6. The molecule has 0 saturated heterocycles. The highest BCUT2D eigenvalue weighted by atomic mass is 32.2. The van der Waals surface area contributed by atoms with Crippen molar-refractivity contribution in [1.29, 1.82) is 0 Å². The Morgan fingerprint density at radius 3 is 2.58 bits per heavy atom. The molecule has 0 radical (unpaired) electrons. The lowest BCUT2D eigenvalue weighted by Gasteiger charge is -2.31. The molecular weight excluding hydrogens is 428 g/mol. The summed E-state index contributed by atoms with van der Waals surface area (Å²) in [5.41, 5.74) is 4.51. The molecule has 0 saturated carbocycles. The van der Waals surface area contributed by atoms with Crippen molar-refractivity contribution in [3.8, 4) is 0 Å². The van der Waals surface area contributed by atoms with Crippen molar-refractivity contribution in [1.82, 2.24) is 5.32 Å². The monoisotopic (exact) mass is 456 g/mol. The number of thioether (sulfide) groups is 1. The molecule has 3 aromatic carbocycles. The summed E-state index contributed by atoms with van der Waals surface area (Å²) in [5, 5.41) is 3.02. The van der Waals surface area contributed by atoms with Crippen LogP contribution in [0.15, 0.2) is 82.6 Å². The Hall–Kier alpha value is -3.31. The fourth-order valence-corrected chi connectivity index (χ4v) is 4.75. The van der Waals surface area contributed by atoms with Crippen LogP contribution in [0.2, 0.25) is 0 Å². The Bertz CT molecular complexity index is 1200. The summed E-state index contributed by atoms with van der Waals surface area (Å²) in [7, 11) is 0. The number of anilines is 1. The summed E-state index contributed by atoms with van der Waals surface area (Å²) in [4.78, 5) is 29.8. The van der Waals surface area contributed by atoms with E-state index in [0.29, 0.717) is 17.0 Å². The maximum atomic E-state index is 13.6. The number of aryl methyl sites for hydroxylation is 1. The molecule has 0 aliphatic carbocycles. The van der Waals surface area contributed by atoms with Crippen molar-refractivity contribution in [3.05, 3.63) is 100.0 Å². The van der Waals surface area contributed by atoms with Crippen LogP contribution in [0.5, 0.6) is 0 Å². The zero-order valence-electron chi connectivity index (χ0n) is 19.2. The molecule has 0 fully saturated rings. The Morgan fingerprint density at radius 1 is 1.06 bits per heavy atom. The second-order valence-electron chi connectivity index (χ2n) is 8.37. The van der Waals surface area contributed by atoms with Gasteiger partial charge < -0.3 is 10.2 Å². The van der Waals surface area contributed by atoms with Gasteiger partial charge >= 0.3 is 0 Å². The van der Waals surface area contributed by atoms with Gasteiger partial charge in [-0.3, -0.25) is 9.59 Å². The van der Waals surface area contributed by atoms with Gasteiger partial charge in [-0.2, -0.15) is 0 Å². The van der Waals surface area contributed by atoms with E-state index in [0.717, 1.165) is 33.7 Å². The molecule has 0 spiro atoms. The summed E-state index contributed by atoms with van der Waals surface area (Å²) in [5.74, 6) is -0.178. The summed E-state index contributed by atoms with van der Waals surface area (Å²) < 4.78 is 0. The normalized spacial score (nSPS) is 15.3. The van der Waals surface area contributed by atoms with Gasteiger partial charge in [0.2, 0.25) is 0 Å². The van der Waals surface area contributed by atoms with E-state index in [1.165, 1.54) is 11.8 Å². The number of amides is 2. The standard InChI is InChI=1S/C28H28N2O2S/c1-4-20(3)29-27(31)23-13-14-25-24(17-23)30(18-22-12-8-9-19(2)15-22)28(32)26(33-25)16-21-10-6-5-7-11-21/h5-17,20H,4,18H2,1-3H3,(H,29,31). The fourth-order valence-electron chi connectivity index (χ4n) is 3.71. The van der Waals surface area contributed by atoms with Gasteiger partial charge in [0.05, 0.1) is 17.1 Å². The molecule has 4 rings (SSSR count). The molecular formula is C28H28N2O2S. The lowest BCUT2D eigenvalue weighted by atomic mass is 10.1. The Balaban J connectivity index is 1.74. The molecule has 1 aliphatic heterocycles. The molecule has 1 unspecified atom stereocenters. The zero-order chi connectivity index (χ0) is 23.4. The molecule has 1 aliphatic rings. The second-order valence-corrected chi connectivity index (χ2v) is 9.45. The SMILES string of the molecule is CCC(C)NC(=O)c1ccc2c(c1)N(Cc1cccc(C)c1)C(=O)C(=Cc1ccccc1)S2. The number of carbonyl (C=O) groups excluding carboxylic acids is 2. The molecule has 4 nitrogen and oxygen atoms in total. The van der Waals surface area contributed by atoms with Crippen molar-refractivity contribution in [3.63, 3.8) is 0 Å². The number of benzene rings is 3. The van der Waals surface area contributed by atoms with Gasteiger partial charge in [0.1, 0.15) is 0 Å². The average Bonchev–Trinajstić information content (AvgIpc) is 2.82. The van der Waals surface area contributed by atoms with Crippen molar-refractivity contribution < 1.29 is 9.59 Å². The van der Waals surface area contributed by atoms with Gasteiger partial charge in [-0.15, -0.1) is 0 Å². The van der Waals surface area contributed by atoms with Crippen LogP contribution in [0.25, 0.3) is 6.08 Å². The lowest BCUT2D eigenvalue weighted by molar-refractivity contribution is -0.114. The van der Waals surface area contributed by atoms with E-state index in [4.69, 9.17) is 0 Å². The second kappa shape index (κ2) is 10.1. The molecule has 1 N–H and O–H groups in total. The van der Waals surface area contributed by atoms with E-state index in [1.54, 1.807) is 4.90 Å². The first-order valence-corrected chi connectivity index (χ1v) is 12.0. The zero-order valence-corrected chi connectivity index (χ0v) is 20.0. The van der Waals surface area contributed by atoms with E-state index in [-0.39, 0.29) is 17.9 Å². The van der Waals surface area contributed by atoms with Crippen LogP contribution in [-0.2, 0) is 11.3 Å². The minimum atomic E-state index is -0.120. The molecule has 0 bridgehead atoms. The smallest absolute Gasteiger partial charge is 0.265 e. The fraction of sp³-hybridized carbons (Fsp3) is 0.214. The molecule has 2 amide bonds. The Labute approximate surface area is 199 Å². The summed E-state index contributed by atoms with van der Waals surface area (Å²) in [6, 6.07) is 23.8. The predicted octanol–water partition coefficient (Wildman–Crippen LogP) is 6.20. The van der Waals surface area contributed by atoms with Crippen molar-refractivity contribution in [2.75, 3.05) is 4.90 Å². The van der Waals surface area contributed by atoms with Crippen LogP contribution in [0.3, 0.4) is 0 Å². The molecule has 1 heterocycles. The van der Waals surface area contributed by atoms with Gasteiger partial charge in [-0.1, -0.05) is 78.8 Å². The van der Waals surface area contributed by atoms with Gasteiger partial charge in [-0.05, 0) is 55.7 Å². The van der Waals surface area contributed by atoms with Crippen LogP contribution >= 0.6 is 11.8 Å². The first kappa shape index (κ1) is 22.9. The largest absolute Gasteiger partial charge is 0.350 e. The third-order valence-electron chi connectivity index (χ3n) is 5.70. The molecule has 168 valence electrons. The van der Waals surface area contributed by atoms with E-state index < -0.39 is 0 Å². The number of fused-ring (bicyclic) bond motifs is 1. The van der Waals surface area contributed by atoms with Crippen LogP contribution in [0, 0.1) is 6.92 Å². The van der Waals surface area contributed by atoms with Gasteiger partial charge in [0.25, 0.3) is 11.8 Å². The van der Waals surface area contributed by atoms with Crippen LogP contribution in [-0.4, -0.2) is 17.9 Å². The van der Waals surface area contributed by atoms with Crippen molar-refractivity contribution >= 4 is 35.3 Å². The first-order chi connectivity index (χ1) is 15.9. The Morgan fingerprint density at radius 2 is 1.85 bits per heavy atom. The molecule has 5 heteroatoms. The van der Waals surface area contributed by atoms with Crippen LogP contribution < -0.4 is 10.2 Å². The molecule has 33 heavy (non-hydrogen) atoms. The first-order valence-electron chi connectivity index (χ1n) is 11.2. The van der Waals surface area contributed by atoms with Crippen molar-refractivity contribution in [2.24, 2.45) is 0 Å². The predicted molar refractivity (Wildman–Crippen MR) is 136 cm³/mol. The maximum Gasteiger partial charge on any atom is 0.265 e. The highest BCUT2D eigenvalue weighted by Gasteiger charge is 2.30. The van der Waals surface area contributed by atoms with Crippen LogP contribution in [0.1, 0.15) is 47.3 Å². The maximum absolute atomic E-state index is 13.6. The minimum absolute atomic E-state index is 0.0580. The van der Waals surface area contributed by atoms with E-state index in [1.807, 2.05) is 93.6 Å². The number of carbonyl (C=O) groups is 2. The van der Waals surface area contributed by atoms with E-state index >= 15 is 0 Å². The van der Waals surface area contributed by atoms with E-state index in [2.05, 4.69) is 11.4 Å². The number of hydrogen-bond acceptors (Lipinski definition) is 3. The van der Waals surface area contributed by atoms with Gasteiger partial charge in [0, 0.05) is 16.5 Å². The number of nitrogens with zero attached hydrogens (tertiary/aromatic N) is 1. The third-order valence-corrected chi connectivity index (χ3v) is 6.78. The van der Waals surface area contributed by atoms with Crippen molar-refractivity contribution in [2.45, 2.75) is 44.7 Å². The highest BCUT2D eigenvalue weighted by molar-refractivity contribution is 8.04. The summed E-state index contributed by atoms with van der Waals surface area (Å²) in [6.45, 7) is 6.51. The summed E-state index contributed by atoms with van der Waals surface area (Å²) >= 11 is 1.45. The van der Waals surface area contributed by atoms with E-state index in [9.17, 15) is 9.59 Å². The topological polar surface area (TPSA) is 49.4 Å². The van der Waals surface area contributed by atoms with Gasteiger partial charge in [0.15, 0.2) is 0 Å². The minimum Gasteiger partial charge on any atom is -0.350 e. The number of nitrogens with one attached hydrogen (secondary N) is 1. The number of hydrogen-bond donors (Lipinski definition) is 1. The molecule has 1 atom stereocenters. The molecule has 3 aromatic rings. The molecule has 0 aromatic heterocycles. The quantitative estimate of drug-likeness (QED) is 0.449. The van der Waals surface area contributed by atoms with Crippen LogP contribution in [0.4, 0.5) is 5.69 Å². The third kappa shape index (κ3) is 5.37. The summed E-state index contributed by atoms with van der Waals surface area (Å²) in [6.07, 6.45) is 2.79. The highest BCUT2D eigenvalue weighted by Crippen LogP contribution is 2.43.